The Hall–Kier alpha value is -1.06. The van der Waals surface area contributed by atoms with Crippen LogP contribution >= 0.6 is 0 Å². The van der Waals surface area contributed by atoms with Crippen LogP contribution < -0.4 is 5.32 Å². The molecule has 1 aromatic rings. The molecule has 0 spiro atoms. The molecule has 0 atom stereocenters. The van der Waals surface area contributed by atoms with Gasteiger partial charge in [0.15, 0.2) is 5.82 Å². The third-order valence-corrected chi connectivity index (χ3v) is 2.16. The van der Waals surface area contributed by atoms with Crippen molar-refractivity contribution in [3.63, 3.8) is 0 Å². The van der Waals surface area contributed by atoms with Gasteiger partial charge in [-0.05, 0) is 25.2 Å². The number of hydrogen-bond donors (Lipinski definition) is 1. The van der Waals surface area contributed by atoms with E-state index in [0.29, 0.717) is 6.01 Å². The van der Waals surface area contributed by atoms with Crippen LogP contribution in [0.1, 0.15) is 32.0 Å². The lowest BCUT2D eigenvalue weighted by Crippen LogP contribution is -1.99. The van der Waals surface area contributed by atoms with E-state index in [4.69, 9.17) is 4.52 Å². The lowest BCUT2D eigenvalue weighted by molar-refractivity contribution is 0.421. The van der Waals surface area contributed by atoms with Crippen LogP contribution in [0.2, 0.25) is 0 Å². The molecule has 1 heterocycles. The lowest BCUT2D eigenvalue weighted by Gasteiger charge is -1.93. The minimum Gasteiger partial charge on any atom is -0.338 e. The molecule has 1 saturated carbocycles. The summed E-state index contributed by atoms with van der Waals surface area (Å²) in [5.41, 5.74) is 0. The Kier molecular flexibility index (Phi) is 2.47. The molecular formula is C9H15N3O. The molecule has 0 saturated heterocycles. The van der Waals surface area contributed by atoms with Crippen molar-refractivity contribution in [1.29, 1.82) is 0 Å². The van der Waals surface area contributed by atoms with Gasteiger partial charge in [-0.2, -0.15) is 4.98 Å². The zero-order valence-electron chi connectivity index (χ0n) is 7.92. The molecule has 1 aromatic heterocycles. The first-order valence-electron chi connectivity index (χ1n) is 4.95. The molecule has 1 aliphatic rings. The molecule has 1 aliphatic carbocycles. The maximum Gasteiger partial charge on any atom is 0.321 e. The van der Waals surface area contributed by atoms with Crippen molar-refractivity contribution in [2.24, 2.45) is 5.92 Å². The van der Waals surface area contributed by atoms with Crippen molar-refractivity contribution in [1.82, 2.24) is 10.1 Å². The quantitative estimate of drug-likeness (QED) is 0.753. The van der Waals surface area contributed by atoms with E-state index in [-0.39, 0.29) is 0 Å². The Balaban J connectivity index is 1.84. The van der Waals surface area contributed by atoms with E-state index in [9.17, 15) is 0 Å². The summed E-state index contributed by atoms with van der Waals surface area (Å²) in [7, 11) is 0. The largest absolute Gasteiger partial charge is 0.338 e. The van der Waals surface area contributed by atoms with Crippen LogP contribution in [0.5, 0.6) is 0 Å². The molecule has 0 aromatic carbocycles. The van der Waals surface area contributed by atoms with Crippen LogP contribution in [0.3, 0.4) is 0 Å². The molecule has 0 bridgehead atoms. The fourth-order valence-electron chi connectivity index (χ4n) is 1.22. The smallest absolute Gasteiger partial charge is 0.321 e. The van der Waals surface area contributed by atoms with E-state index in [1.165, 1.54) is 12.8 Å². The second-order valence-electron chi connectivity index (χ2n) is 3.59. The molecule has 13 heavy (non-hydrogen) atoms. The summed E-state index contributed by atoms with van der Waals surface area (Å²) in [4.78, 5) is 4.24. The van der Waals surface area contributed by atoms with Crippen molar-refractivity contribution in [2.75, 3.05) is 11.9 Å². The summed E-state index contributed by atoms with van der Waals surface area (Å²) < 4.78 is 5.02. The fourth-order valence-corrected chi connectivity index (χ4v) is 1.22. The van der Waals surface area contributed by atoms with Gasteiger partial charge >= 0.3 is 6.01 Å². The minimum atomic E-state index is 0.567. The van der Waals surface area contributed by atoms with Gasteiger partial charge in [0.05, 0.1) is 0 Å². The van der Waals surface area contributed by atoms with E-state index in [1.807, 2.05) is 0 Å². The topological polar surface area (TPSA) is 51.0 Å². The normalized spacial score (nSPS) is 16.1. The van der Waals surface area contributed by atoms with Gasteiger partial charge in [0.1, 0.15) is 0 Å². The van der Waals surface area contributed by atoms with Gasteiger partial charge in [-0.3, -0.25) is 0 Å². The van der Waals surface area contributed by atoms with Crippen molar-refractivity contribution in [3.05, 3.63) is 5.82 Å². The van der Waals surface area contributed by atoms with Gasteiger partial charge in [-0.15, -0.1) is 0 Å². The fraction of sp³-hybridized carbons (Fsp3) is 0.778. The summed E-state index contributed by atoms with van der Waals surface area (Å²) in [6.07, 6.45) is 4.70. The highest BCUT2D eigenvalue weighted by atomic mass is 16.5. The average Bonchev–Trinajstić information content (AvgIpc) is 2.81. The Bertz CT molecular complexity index is 268. The Morgan fingerprint density at radius 2 is 2.38 bits per heavy atom. The van der Waals surface area contributed by atoms with Crippen LogP contribution in [0.15, 0.2) is 4.52 Å². The van der Waals surface area contributed by atoms with Crippen LogP contribution in [0, 0.1) is 5.92 Å². The zero-order valence-corrected chi connectivity index (χ0v) is 7.92. The number of nitrogens with zero attached hydrogens (tertiary/aromatic N) is 2. The first-order chi connectivity index (χ1) is 6.38. The van der Waals surface area contributed by atoms with Gasteiger partial charge < -0.3 is 9.84 Å². The van der Waals surface area contributed by atoms with Crippen molar-refractivity contribution >= 4 is 6.01 Å². The second kappa shape index (κ2) is 3.77. The summed E-state index contributed by atoms with van der Waals surface area (Å²) >= 11 is 0. The summed E-state index contributed by atoms with van der Waals surface area (Å²) in [5.74, 6) is 1.66. The number of rotatable bonds is 5. The highest BCUT2D eigenvalue weighted by Crippen LogP contribution is 2.31. The number of nitrogens with one attached hydrogen (secondary N) is 1. The summed E-state index contributed by atoms with van der Waals surface area (Å²) in [6.45, 7) is 3.00. The van der Waals surface area contributed by atoms with E-state index >= 15 is 0 Å². The molecular weight excluding hydrogens is 166 g/mol. The second-order valence-corrected chi connectivity index (χ2v) is 3.59. The van der Waals surface area contributed by atoms with Crippen LogP contribution in [0.4, 0.5) is 6.01 Å². The maximum atomic E-state index is 5.02. The Morgan fingerprint density at radius 1 is 1.54 bits per heavy atom. The van der Waals surface area contributed by atoms with Crippen molar-refractivity contribution < 1.29 is 4.52 Å². The third kappa shape index (κ3) is 2.44. The molecule has 0 unspecified atom stereocenters. The first-order valence-corrected chi connectivity index (χ1v) is 4.95. The molecule has 0 amide bonds. The van der Waals surface area contributed by atoms with Crippen LogP contribution in [0.25, 0.3) is 0 Å². The number of anilines is 1. The van der Waals surface area contributed by atoms with E-state index in [0.717, 1.165) is 31.1 Å². The molecule has 72 valence electrons. The first kappa shape index (κ1) is 8.53. The highest BCUT2D eigenvalue weighted by molar-refractivity contribution is 5.17. The molecule has 1 fully saturated rings. The van der Waals surface area contributed by atoms with Gasteiger partial charge in [-0.25, -0.2) is 0 Å². The van der Waals surface area contributed by atoms with E-state index in [2.05, 4.69) is 22.4 Å². The maximum absolute atomic E-state index is 5.02. The van der Waals surface area contributed by atoms with Gasteiger partial charge in [-0.1, -0.05) is 12.1 Å². The Labute approximate surface area is 77.7 Å². The molecule has 0 radical (unpaired) electrons. The third-order valence-electron chi connectivity index (χ3n) is 2.16. The zero-order chi connectivity index (χ0) is 9.10. The van der Waals surface area contributed by atoms with Gasteiger partial charge in [0.2, 0.25) is 0 Å². The van der Waals surface area contributed by atoms with Gasteiger partial charge in [0.25, 0.3) is 0 Å². The number of hydrogen-bond acceptors (Lipinski definition) is 4. The molecule has 2 rings (SSSR count). The summed E-state index contributed by atoms with van der Waals surface area (Å²) in [6, 6.07) is 0.567. The van der Waals surface area contributed by atoms with Gasteiger partial charge in [0, 0.05) is 13.0 Å². The molecule has 1 N–H and O–H groups in total. The molecule has 0 aliphatic heterocycles. The van der Waals surface area contributed by atoms with Crippen LogP contribution in [-0.2, 0) is 6.42 Å². The molecule has 4 heteroatoms. The SMILES string of the molecule is CCCNc1nc(CC2CC2)no1. The van der Waals surface area contributed by atoms with Crippen molar-refractivity contribution in [3.8, 4) is 0 Å². The predicted molar refractivity (Wildman–Crippen MR) is 49.5 cm³/mol. The van der Waals surface area contributed by atoms with E-state index < -0.39 is 0 Å². The monoisotopic (exact) mass is 181 g/mol. The standard InChI is InChI=1S/C9H15N3O/c1-2-5-10-9-11-8(12-13-9)6-7-3-4-7/h7H,2-6H2,1H3,(H,10,11,12). The average molecular weight is 181 g/mol. The molecule has 4 nitrogen and oxygen atoms in total. The predicted octanol–water partition coefficient (Wildman–Crippen LogP) is 1.84. The number of aromatic nitrogens is 2. The lowest BCUT2D eigenvalue weighted by atomic mass is 10.3. The van der Waals surface area contributed by atoms with Crippen molar-refractivity contribution in [2.45, 2.75) is 32.6 Å². The Morgan fingerprint density at radius 3 is 3.08 bits per heavy atom. The summed E-state index contributed by atoms with van der Waals surface area (Å²) in [5, 5.41) is 6.97. The van der Waals surface area contributed by atoms with Crippen LogP contribution in [-0.4, -0.2) is 16.7 Å². The van der Waals surface area contributed by atoms with E-state index in [1.54, 1.807) is 0 Å². The highest BCUT2D eigenvalue weighted by Gasteiger charge is 2.23. The minimum absolute atomic E-state index is 0.567.